The minimum atomic E-state index is -0.657. The number of carbonyl (C=O) groups is 1. The molecule has 2 aromatic heterocycles. The zero-order valence-electron chi connectivity index (χ0n) is 16.8. The van der Waals surface area contributed by atoms with Gasteiger partial charge in [-0.3, -0.25) is 14.2 Å². The van der Waals surface area contributed by atoms with Crippen LogP contribution in [0.15, 0.2) is 35.6 Å². The van der Waals surface area contributed by atoms with Gasteiger partial charge < -0.3 is 14.2 Å². The van der Waals surface area contributed by atoms with Crippen LogP contribution in [-0.4, -0.2) is 44.2 Å². The Bertz CT molecular complexity index is 1050. The summed E-state index contributed by atoms with van der Waals surface area (Å²) in [4.78, 5) is 29.0. The number of hydrogen-bond donors (Lipinski definition) is 0. The van der Waals surface area contributed by atoms with Crippen LogP contribution < -0.4 is 15.0 Å². The summed E-state index contributed by atoms with van der Waals surface area (Å²) in [6.45, 7) is 5.86. The Morgan fingerprint density at radius 3 is 2.66 bits per heavy atom. The standard InChI is InChI=1S/C19H23N5O5/c1-19(2,3)18(26)29-12-23-11-20-14-10-16(15(27-4)9-13(14)17(23)25)28-8-7-24-6-5-21-22-24/h5-6,9-11H,7-8,12H2,1-4H3. The molecule has 0 aliphatic rings. The third-order valence-electron chi connectivity index (χ3n) is 4.11. The Morgan fingerprint density at radius 2 is 2.00 bits per heavy atom. The van der Waals surface area contributed by atoms with Crippen molar-refractivity contribution in [2.45, 2.75) is 34.0 Å². The molecule has 3 rings (SSSR count). The molecule has 1 aromatic carbocycles. The molecule has 0 bridgehead atoms. The normalized spacial score (nSPS) is 11.4. The second-order valence-corrected chi connectivity index (χ2v) is 7.37. The van der Waals surface area contributed by atoms with E-state index in [4.69, 9.17) is 14.2 Å². The number of benzene rings is 1. The van der Waals surface area contributed by atoms with Crippen molar-refractivity contribution in [3.63, 3.8) is 0 Å². The topological polar surface area (TPSA) is 110 Å². The second-order valence-electron chi connectivity index (χ2n) is 7.37. The fraction of sp³-hybridized carbons (Fsp3) is 0.421. The number of hydrogen-bond acceptors (Lipinski definition) is 8. The molecular formula is C19H23N5O5. The maximum Gasteiger partial charge on any atom is 0.312 e. The SMILES string of the molecule is COc1cc2c(=O)n(COC(=O)C(C)(C)C)cnc2cc1OCCn1ccnn1. The van der Waals surface area contributed by atoms with Crippen LogP contribution in [0.3, 0.4) is 0 Å². The van der Waals surface area contributed by atoms with Gasteiger partial charge in [-0.05, 0) is 26.8 Å². The molecule has 0 aliphatic heterocycles. The molecule has 154 valence electrons. The summed E-state index contributed by atoms with van der Waals surface area (Å²) in [5, 5.41) is 7.94. The van der Waals surface area contributed by atoms with E-state index in [1.807, 2.05) is 0 Å². The summed E-state index contributed by atoms with van der Waals surface area (Å²) < 4.78 is 19.2. The Morgan fingerprint density at radius 1 is 1.21 bits per heavy atom. The van der Waals surface area contributed by atoms with Gasteiger partial charge in [-0.15, -0.1) is 5.10 Å². The highest BCUT2D eigenvalue weighted by molar-refractivity contribution is 5.81. The summed E-state index contributed by atoms with van der Waals surface area (Å²) in [6, 6.07) is 3.21. The highest BCUT2D eigenvalue weighted by Gasteiger charge is 2.23. The Kier molecular flexibility index (Phi) is 5.81. The van der Waals surface area contributed by atoms with Crippen molar-refractivity contribution in [1.82, 2.24) is 24.5 Å². The Hall–Kier alpha value is -3.43. The van der Waals surface area contributed by atoms with E-state index >= 15 is 0 Å². The van der Waals surface area contributed by atoms with Gasteiger partial charge in [0.2, 0.25) is 0 Å². The average molecular weight is 401 g/mol. The van der Waals surface area contributed by atoms with E-state index in [1.54, 1.807) is 50.0 Å². The number of esters is 1. The van der Waals surface area contributed by atoms with Crippen LogP contribution >= 0.6 is 0 Å². The molecule has 0 spiro atoms. The highest BCUT2D eigenvalue weighted by atomic mass is 16.5. The zero-order valence-corrected chi connectivity index (χ0v) is 16.8. The predicted molar refractivity (Wildman–Crippen MR) is 104 cm³/mol. The fourth-order valence-electron chi connectivity index (χ4n) is 2.48. The number of nitrogens with zero attached hydrogens (tertiary/aromatic N) is 5. The quantitative estimate of drug-likeness (QED) is 0.549. The van der Waals surface area contributed by atoms with Gasteiger partial charge >= 0.3 is 5.97 Å². The summed E-state index contributed by atoms with van der Waals surface area (Å²) >= 11 is 0. The van der Waals surface area contributed by atoms with Crippen molar-refractivity contribution in [3.05, 3.63) is 41.2 Å². The van der Waals surface area contributed by atoms with Crippen LogP contribution in [0.25, 0.3) is 10.9 Å². The molecule has 29 heavy (non-hydrogen) atoms. The largest absolute Gasteiger partial charge is 0.493 e. The number of ether oxygens (including phenoxy) is 3. The Labute approximate surface area is 167 Å². The fourth-order valence-corrected chi connectivity index (χ4v) is 2.48. The predicted octanol–water partition coefficient (Wildman–Crippen LogP) is 1.62. The first-order chi connectivity index (χ1) is 13.8. The number of fused-ring (bicyclic) bond motifs is 1. The molecule has 0 fully saturated rings. The lowest BCUT2D eigenvalue weighted by Gasteiger charge is -2.17. The average Bonchev–Trinajstić information content (AvgIpc) is 3.19. The summed E-state index contributed by atoms with van der Waals surface area (Å²) in [7, 11) is 1.49. The summed E-state index contributed by atoms with van der Waals surface area (Å²) in [5.74, 6) is 0.460. The van der Waals surface area contributed by atoms with E-state index in [-0.39, 0.29) is 12.3 Å². The van der Waals surface area contributed by atoms with E-state index in [0.29, 0.717) is 35.6 Å². The van der Waals surface area contributed by atoms with Crippen molar-refractivity contribution < 1.29 is 19.0 Å². The van der Waals surface area contributed by atoms with Gasteiger partial charge in [-0.2, -0.15) is 0 Å². The molecule has 10 heteroatoms. The van der Waals surface area contributed by atoms with E-state index < -0.39 is 11.4 Å². The van der Waals surface area contributed by atoms with E-state index in [0.717, 1.165) is 0 Å². The molecule has 2 heterocycles. The highest BCUT2D eigenvalue weighted by Crippen LogP contribution is 2.30. The lowest BCUT2D eigenvalue weighted by Crippen LogP contribution is -2.28. The number of rotatable bonds is 7. The molecule has 0 amide bonds. The maximum atomic E-state index is 12.8. The molecular weight excluding hydrogens is 378 g/mol. The van der Waals surface area contributed by atoms with Gasteiger partial charge in [0.25, 0.3) is 5.56 Å². The van der Waals surface area contributed by atoms with E-state index in [1.165, 1.54) is 18.0 Å². The van der Waals surface area contributed by atoms with Crippen molar-refractivity contribution >= 4 is 16.9 Å². The third-order valence-corrected chi connectivity index (χ3v) is 4.11. The minimum absolute atomic E-state index is 0.212. The molecule has 0 atom stereocenters. The van der Waals surface area contributed by atoms with Gasteiger partial charge in [0.15, 0.2) is 18.2 Å². The monoisotopic (exact) mass is 401 g/mol. The van der Waals surface area contributed by atoms with Crippen LogP contribution in [0.4, 0.5) is 0 Å². The number of carbonyl (C=O) groups excluding carboxylic acids is 1. The first-order valence-corrected chi connectivity index (χ1v) is 9.01. The second kappa shape index (κ2) is 8.29. The maximum absolute atomic E-state index is 12.8. The molecule has 0 unspecified atom stereocenters. The number of aromatic nitrogens is 5. The number of methoxy groups -OCH3 is 1. The summed E-state index contributed by atoms with van der Waals surface area (Å²) in [6.07, 6.45) is 4.66. The van der Waals surface area contributed by atoms with Crippen molar-refractivity contribution in [1.29, 1.82) is 0 Å². The lowest BCUT2D eigenvalue weighted by molar-refractivity contribution is -0.157. The van der Waals surface area contributed by atoms with Crippen LogP contribution in [0.5, 0.6) is 11.5 Å². The molecule has 10 nitrogen and oxygen atoms in total. The zero-order chi connectivity index (χ0) is 21.0. The third kappa shape index (κ3) is 4.71. The van der Waals surface area contributed by atoms with Gasteiger partial charge in [-0.1, -0.05) is 5.21 Å². The first kappa shape index (κ1) is 20.3. The van der Waals surface area contributed by atoms with Gasteiger partial charge in [0, 0.05) is 12.3 Å². The van der Waals surface area contributed by atoms with Crippen LogP contribution in [0.2, 0.25) is 0 Å². The van der Waals surface area contributed by atoms with Gasteiger partial charge in [0.1, 0.15) is 12.9 Å². The van der Waals surface area contributed by atoms with E-state index in [9.17, 15) is 9.59 Å². The molecule has 0 radical (unpaired) electrons. The van der Waals surface area contributed by atoms with Crippen LogP contribution in [-0.2, 0) is 22.8 Å². The lowest BCUT2D eigenvalue weighted by atomic mass is 9.98. The first-order valence-electron chi connectivity index (χ1n) is 9.01. The Balaban J connectivity index is 1.80. The minimum Gasteiger partial charge on any atom is -0.493 e. The van der Waals surface area contributed by atoms with Crippen LogP contribution in [0.1, 0.15) is 20.8 Å². The smallest absolute Gasteiger partial charge is 0.312 e. The van der Waals surface area contributed by atoms with Gasteiger partial charge in [0.05, 0.1) is 36.2 Å². The molecule has 0 saturated carbocycles. The molecule has 0 aliphatic carbocycles. The van der Waals surface area contributed by atoms with Gasteiger partial charge in [-0.25, -0.2) is 9.67 Å². The van der Waals surface area contributed by atoms with E-state index in [2.05, 4.69) is 15.3 Å². The van der Waals surface area contributed by atoms with Crippen molar-refractivity contribution in [2.75, 3.05) is 13.7 Å². The van der Waals surface area contributed by atoms with Crippen LogP contribution in [0, 0.1) is 5.41 Å². The van der Waals surface area contributed by atoms with Crippen molar-refractivity contribution in [3.8, 4) is 11.5 Å². The molecule has 0 saturated heterocycles. The van der Waals surface area contributed by atoms with Crippen molar-refractivity contribution in [2.24, 2.45) is 5.41 Å². The molecule has 3 aromatic rings. The molecule has 0 N–H and O–H groups in total. The summed E-state index contributed by atoms with van der Waals surface area (Å²) in [5.41, 5.74) is -0.551.